The van der Waals surface area contributed by atoms with Gasteiger partial charge in [0.25, 0.3) is 0 Å². The van der Waals surface area contributed by atoms with Gasteiger partial charge in [-0.15, -0.1) is 11.3 Å². The molecule has 0 saturated heterocycles. The summed E-state index contributed by atoms with van der Waals surface area (Å²) in [5.74, 6) is 1.71. The Hall–Kier alpha value is 0.470. The highest BCUT2D eigenvalue weighted by Crippen LogP contribution is 2.53. The Morgan fingerprint density at radius 1 is 1.69 bits per heavy atom. The zero-order valence-electron chi connectivity index (χ0n) is 7.68. The van der Waals surface area contributed by atoms with Crippen molar-refractivity contribution in [3.05, 3.63) is 20.8 Å². The second-order valence-electron chi connectivity index (χ2n) is 3.88. The van der Waals surface area contributed by atoms with Crippen LogP contribution in [0.25, 0.3) is 0 Å². The number of alkyl halides is 1. The molecule has 0 nitrogen and oxygen atoms in total. The first-order valence-corrected chi connectivity index (χ1v) is 6.60. The molecule has 3 heteroatoms. The monoisotopic (exact) mass is 278 g/mol. The van der Waals surface area contributed by atoms with Crippen molar-refractivity contribution >= 4 is 38.9 Å². The van der Waals surface area contributed by atoms with Gasteiger partial charge in [0, 0.05) is 4.88 Å². The fraction of sp³-hybridized carbons (Fsp3) is 0.600. The Balaban J connectivity index is 2.16. The molecule has 13 heavy (non-hydrogen) atoms. The molecule has 0 radical (unpaired) electrons. The van der Waals surface area contributed by atoms with Crippen molar-refractivity contribution in [3.8, 4) is 0 Å². The van der Waals surface area contributed by atoms with Gasteiger partial charge in [-0.3, -0.25) is 0 Å². The summed E-state index contributed by atoms with van der Waals surface area (Å²) in [6, 6.07) is 2.21. The van der Waals surface area contributed by atoms with Gasteiger partial charge >= 0.3 is 0 Å². The van der Waals surface area contributed by atoms with Gasteiger partial charge in [0.15, 0.2) is 0 Å². The molecular formula is C10H12BrClS. The van der Waals surface area contributed by atoms with Crippen molar-refractivity contribution in [2.24, 2.45) is 11.8 Å². The van der Waals surface area contributed by atoms with Gasteiger partial charge in [0.1, 0.15) is 0 Å². The fourth-order valence-corrected chi connectivity index (χ4v) is 4.01. The van der Waals surface area contributed by atoms with Gasteiger partial charge in [-0.2, -0.15) is 0 Å². The lowest BCUT2D eigenvalue weighted by Gasteiger charge is -2.04. The average Bonchev–Trinajstić information content (AvgIpc) is 2.70. The van der Waals surface area contributed by atoms with Crippen molar-refractivity contribution in [1.82, 2.24) is 0 Å². The third-order valence-corrected chi connectivity index (χ3v) is 5.81. The van der Waals surface area contributed by atoms with E-state index in [2.05, 4.69) is 35.8 Å². The SMILES string of the molecule is Cc1cc(C(Br)C2CC2C)sc1Cl. The predicted molar refractivity (Wildman–Crippen MR) is 63.0 cm³/mol. The average molecular weight is 280 g/mol. The summed E-state index contributed by atoms with van der Waals surface area (Å²) in [6.45, 7) is 4.37. The molecule has 1 aromatic heterocycles. The Kier molecular flexibility index (Phi) is 2.74. The van der Waals surface area contributed by atoms with Gasteiger partial charge in [0.2, 0.25) is 0 Å². The van der Waals surface area contributed by atoms with Gasteiger partial charge in [-0.25, -0.2) is 0 Å². The van der Waals surface area contributed by atoms with Crippen LogP contribution in [0.3, 0.4) is 0 Å². The maximum absolute atomic E-state index is 6.03. The minimum atomic E-state index is 0.527. The molecule has 0 spiro atoms. The van der Waals surface area contributed by atoms with Crippen LogP contribution in [0, 0.1) is 18.8 Å². The van der Waals surface area contributed by atoms with Crippen LogP contribution >= 0.6 is 38.9 Å². The summed E-state index contributed by atoms with van der Waals surface area (Å²) in [5.41, 5.74) is 1.21. The maximum Gasteiger partial charge on any atom is 0.0960 e. The molecule has 0 N–H and O–H groups in total. The molecule has 1 fully saturated rings. The number of hydrogen-bond donors (Lipinski definition) is 0. The van der Waals surface area contributed by atoms with E-state index in [0.29, 0.717) is 4.83 Å². The second kappa shape index (κ2) is 3.56. The lowest BCUT2D eigenvalue weighted by atomic mass is 10.2. The molecule has 1 aliphatic carbocycles. The summed E-state index contributed by atoms with van der Waals surface area (Å²) in [6.07, 6.45) is 1.35. The minimum Gasteiger partial charge on any atom is -0.127 e. The Bertz CT molecular complexity index is 301. The lowest BCUT2D eigenvalue weighted by molar-refractivity contribution is 0.749. The molecule has 1 saturated carbocycles. The molecule has 1 aromatic rings. The highest BCUT2D eigenvalue weighted by atomic mass is 79.9. The fourth-order valence-electron chi connectivity index (χ4n) is 1.59. The Morgan fingerprint density at radius 3 is 2.69 bits per heavy atom. The smallest absolute Gasteiger partial charge is 0.0960 e. The molecule has 2 rings (SSSR count). The first kappa shape index (κ1) is 10.0. The number of aryl methyl sites for hydroxylation is 1. The van der Waals surface area contributed by atoms with E-state index >= 15 is 0 Å². The van der Waals surface area contributed by atoms with Crippen LogP contribution in [0.4, 0.5) is 0 Å². The number of halogens is 2. The number of rotatable bonds is 2. The number of hydrogen-bond acceptors (Lipinski definition) is 1. The quantitative estimate of drug-likeness (QED) is 0.682. The summed E-state index contributed by atoms with van der Waals surface area (Å²) in [5, 5.41) is 0. The van der Waals surface area contributed by atoms with Crippen molar-refractivity contribution in [2.75, 3.05) is 0 Å². The summed E-state index contributed by atoms with van der Waals surface area (Å²) < 4.78 is 0.938. The third kappa shape index (κ3) is 1.95. The van der Waals surface area contributed by atoms with E-state index in [1.807, 2.05) is 0 Å². The molecule has 0 aliphatic heterocycles. The zero-order chi connectivity index (χ0) is 9.59. The molecule has 72 valence electrons. The van der Waals surface area contributed by atoms with Crippen molar-refractivity contribution in [2.45, 2.75) is 25.1 Å². The highest BCUT2D eigenvalue weighted by molar-refractivity contribution is 9.09. The normalized spacial score (nSPS) is 28.9. The minimum absolute atomic E-state index is 0.527. The molecule has 0 aromatic carbocycles. The Morgan fingerprint density at radius 2 is 2.31 bits per heavy atom. The van der Waals surface area contributed by atoms with Gasteiger partial charge in [0.05, 0.1) is 9.16 Å². The predicted octanol–water partition coefficient (Wildman–Crippen LogP) is 4.80. The van der Waals surface area contributed by atoms with E-state index in [-0.39, 0.29) is 0 Å². The van der Waals surface area contributed by atoms with Crippen molar-refractivity contribution in [1.29, 1.82) is 0 Å². The molecule has 1 aliphatic rings. The highest BCUT2D eigenvalue weighted by Gasteiger charge is 2.39. The molecule has 3 unspecified atom stereocenters. The molecule has 3 atom stereocenters. The van der Waals surface area contributed by atoms with Crippen LogP contribution in [0.1, 0.15) is 28.6 Å². The van der Waals surface area contributed by atoms with Crippen LogP contribution in [-0.2, 0) is 0 Å². The molecular weight excluding hydrogens is 268 g/mol. The van der Waals surface area contributed by atoms with Gasteiger partial charge < -0.3 is 0 Å². The van der Waals surface area contributed by atoms with Crippen LogP contribution in [0.2, 0.25) is 4.34 Å². The van der Waals surface area contributed by atoms with Gasteiger partial charge in [-0.05, 0) is 36.8 Å². The standard InChI is InChI=1S/C10H12BrClS/c1-5-3-7(5)9(11)8-4-6(2)10(12)13-8/h4-5,7,9H,3H2,1-2H3. The lowest BCUT2D eigenvalue weighted by Crippen LogP contribution is -1.89. The number of thiophene rings is 1. The van der Waals surface area contributed by atoms with Crippen molar-refractivity contribution in [3.63, 3.8) is 0 Å². The topological polar surface area (TPSA) is 0 Å². The van der Waals surface area contributed by atoms with E-state index in [9.17, 15) is 0 Å². The van der Waals surface area contributed by atoms with Crippen LogP contribution in [-0.4, -0.2) is 0 Å². The zero-order valence-corrected chi connectivity index (χ0v) is 10.8. The van der Waals surface area contributed by atoms with Crippen LogP contribution < -0.4 is 0 Å². The van der Waals surface area contributed by atoms with Crippen LogP contribution in [0.15, 0.2) is 6.07 Å². The van der Waals surface area contributed by atoms with Crippen LogP contribution in [0.5, 0.6) is 0 Å². The molecule has 0 bridgehead atoms. The van der Waals surface area contributed by atoms with Crippen molar-refractivity contribution < 1.29 is 0 Å². The maximum atomic E-state index is 6.03. The summed E-state index contributed by atoms with van der Waals surface area (Å²) in [4.78, 5) is 1.91. The molecule has 1 heterocycles. The summed E-state index contributed by atoms with van der Waals surface area (Å²) >= 11 is 11.5. The largest absolute Gasteiger partial charge is 0.127 e. The van der Waals surface area contributed by atoms with E-state index in [0.717, 1.165) is 16.2 Å². The first-order valence-electron chi connectivity index (χ1n) is 4.49. The Labute approximate surface area is 96.4 Å². The van der Waals surface area contributed by atoms with E-state index in [1.165, 1.54) is 16.9 Å². The van der Waals surface area contributed by atoms with E-state index in [4.69, 9.17) is 11.6 Å². The molecule has 0 amide bonds. The van der Waals surface area contributed by atoms with Gasteiger partial charge in [-0.1, -0.05) is 34.5 Å². The second-order valence-corrected chi connectivity index (χ2v) is 6.56. The van der Waals surface area contributed by atoms with E-state index < -0.39 is 0 Å². The summed E-state index contributed by atoms with van der Waals surface area (Å²) in [7, 11) is 0. The first-order chi connectivity index (χ1) is 6.09. The van der Waals surface area contributed by atoms with E-state index in [1.54, 1.807) is 11.3 Å². The third-order valence-electron chi connectivity index (χ3n) is 2.70.